The molecule has 0 heterocycles. The van der Waals surface area contributed by atoms with Crippen LogP contribution in [0.2, 0.25) is 0 Å². The molecule has 0 saturated heterocycles. The smallest absolute Gasteiger partial charge is 0.136 e. The Morgan fingerprint density at radius 2 is 1.89 bits per heavy atom. The molecular weight excluding hydrogens is 236 g/mol. The first-order valence-corrected chi connectivity index (χ1v) is 7.17. The topological polar surface area (TPSA) is 34.1 Å². The van der Waals surface area contributed by atoms with Gasteiger partial charge in [0, 0.05) is 18.3 Å². The van der Waals surface area contributed by atoms with Gasteiger partial charge in [-0.05, 0) is 43.7 Å². The summed E-state index contributed by atoms with van der Waals surface area (Å²) in [5, 5.41) is 0. The Labute approximate surface area is 115 Å². The lowest BCUT2D eigenvalue weighted by Gasteiger charge is -2.10. The second-order valence-electron chi connectivity index (χ2n) is 5.79. The Bertz CT molecular complexity index is 459. The Kier molecular flexibility index (Phi) is 4.52. The third-order valence-electron chi connectivity index (χ3n) is 4.17. The lowest BCUT2D eigenvalue weighted by molar-refractivity contribution is -0.121. The first-order valence-electron chi connectivity index (χ1n) is 7.17. The fourth-order valence-corrected chi connectivity index (χ4v) is 2.70. The van der Waals surface area contributed by atoms with Crippen molar-refractivity contribution in [3.05, 3.63) is 35.4 Å². The minimum atomic E-state index is 0.0854. The minimum Gasteiger partial charge on any atom is -0.300 e. The van der Waals surface area contributed by atoms with Crippen LogP contribution in [0, 0.1) is 11.8 Å². The fraction of sp³-hybridized carbons (Fsp3) is 0.529. The lowest BCUT2D eigenvalue weighted by Crippen LogP contribution is -2.10. The van der Waals surface area contributed by atoms with Crippen LogP contribution in [0.3, 0.4) is 0 Å². The number of carbonyl (C=O) groups is 2. The van der Waals surface area contributed by atoms with E-state index in [1.54, 1.807) is 6.92 Å². The summed E-state index contributed by atoms with van der Waals surface area (Å²) in [6.45, 7) is 3.61. The summed E-state index contributed by atoms with van der Waals surface area (Å²) in [4.78, 5) is 22.9. The highest BCUT2D eigenvalue weighted by atomic mass is 16.1. The first kappa shape index (κ1) is 14.0. The summed E-state index contributed by atoms with van der Waals surface area (Å²) in [5.41, 5.74) is 2.43. The molecule has 1 aliphatic rings. The molecule has 0 aliphatic heterocycles. The average molecular weight is 258 g/mol. The number of Topliss-reactive ketones (excluding diaryl/α,β-unsaturated/α-hetero) is 2. The largest absolute Gasteiger partial charge is 0.300 e. The summed E-state index contributed by atoms with van der Waals surface area (Å²) < 4.78 is 0. The predicted octanol–water partition coefficient (Wildman–Crippen LogP) is 3.37. The number of benzene rings is 1. The van der Waals surface area contributed by atoms with Gasteiger partial charge in [-0.15, -0.1) is 0 Å². The molecule has 1 fully saturated rings. The predicted molar refractivity (Wildman–Crippen MR) is 76.0 cm³/mol. The van der Waals surface area contributed by atoms with Gasteiger partial charge in [0.15, 0.2) is 0 Å². The van der Waals surface area contributed by atoms with Crippen LogP contribution in [0.5, 0.6) is 0 Å². The van der Waals surface area contributed by atoms with Crippen molar-refractivity contribution in [2.24, 2.45) is 11.8 Å². The van der Waals surface area contributed by atoms with Gasteiger partial charge in [-0.1, -0.05) is 31.2 Å². The highest BCUT2D eigenvalue weighted by Gasteiger charge is 2.24. The third kappa shape index (κ3) is 3.76. The zero-order valence-corrected chi connectivity index (χ0v) is 11.8. The summed E-state index contributed by atoms with van der Waals surface area (Å²) in [6.07, 6.45) is 4.54. The van der Waals surface area contributed by atoms with Crippen LogP contribution in [0.25, 0.3) is 0 Å². The van der Waals surface area contributed by atoms with E-state index in [-0.39, 0.29) is 17.6 Å². The zero-order chi connectivity index (χ0) is 13.8. The van der Waals surface area contributed by atoms with E-state index in [1.807, 2.05) is 6.92 Å². The molecule has 2 rings (SSSR count). The van der Waals surface area contributed by atoms with Crippen LogP contribution >= 0.6 is 0 Å². The van der Waals surface area contributed by atoms with Crippen molar-refractivity contribution in [2.45, 2.75) is 46.0 Å². The second kappa shape index (κ2) is 6.14. The van der Waals surface area contributed by atoms with Crippen LogP contribution < -0.4 is 0 Å². The molecular formula is C17H22O2. The molecule has 0 N–H and O–H groups in total. The number of carbonyl (C=O) groups excluding carboxylic acids is 2. The minimum absolute atomic E-state index is 0.0854. The van der Waals surface area contributed by atoms with Crippen molar-refractivity contribution in [1.82, 2.24) is 0 Å². The maximum absolute atomic E-state index is 11.6. The third-order valence-corrected chi connectivity index (χ3v) is 4.17. The summed E-state index contributed by atoms with van der Waals surface area (Å²) in [7, 11) is 0. The van der Waals surface area contributed by atoms with E-state index in [0.717, 1.165) is 32.1 Å². The van der Waals surface area contributed by atoms with Gasteiger partial charge in [0.25, 0.3) is 0 Å². The normalized spacial score (nSPS) is 20.5. The summed E-state index contributed by atoms with van der Waals surface area (Å²) in [6, 6.07) is 8.39. The number of ketones is 2. The molecule has 2 heteroatoms. The van der Waals surface area contributed by atoms with Crippen molar-refractivity contribution < 1.29 is 9.59 Å². The Morgan fingerprint density at radius 3 is 2.42 bits per heavy atom. The van der Waals surface area contributed by atoms with E-state index in [1.165, 1.54) is 11.1 Å². The Morgan fingerprint density at radius 1 is 1.26 bits per heavy atom. The molecule has 2 unspecified atom stereocenters. The van der Waals surface area contributed by atoms with Gasteiger partial charge in [-0.25, -0.2) is 0 Å². The molecule has 0 spiro atoms. The van der Waals surface area contributed by atoms with Crippen molar-refractivity contribution in [3.63, 3.8) is 0 Å². The van der Waals surface area contributed by atoms with Crippen LogP contribution in [0.1, 0.15) is 44.2 Å². The SMILES string of the molecule is CC(=O)C(C)Cc1ccc(CC2CCCC2=O)cc1. The van der Waals surface area contributed by atoms with Gasteiger partial charge >= 0.3 is 0 Å². The van der Waals surface area contributed by atoms with Gasteiger partial charge in [-0.2, -0.15) is 0 Å². The highest BCUT2D eigenvalue weighted by molar-refractivity contribution is 5.83. The summed E-state index contributed by atoms with van der Waals surface area (Å²) >= 11 is 0. The molecule has 0 amide bonds. The van der Waals surface area contributed by atoms with Gasteiger partial charge < -0.3 is 0 Å². The first-order chi connectivity index (χ1) is 9.06. The van der Waals surface area contributed by atoms with Gasteiger partial charge in [0.05, 0.1) is 0 Å². The standard InChI is InChI=1S/C17H22O2/c1-12(13(2)18)10-14-6-8-15(9-7-14)11-16-4-3-5-17(16)19/h6-9,12,16H,3-5,10-11H2,1-2H3. The van der Waals surface area contributed by atoms with Gasteiger partial charge in [0.1, 0.15) is 11.6 Å². The van der Waals surface area contributed by atoms with E-state index in [0.29, 0.717) is 5.78 Å². The molecule has 1 aliphatic carbocycles. The zero-order valence-electron chi connectivity index (χ0n) is 11.8. The number of hydrogen-bond acceptors (Lipinski definition) is 2. The van der Waals surface area contributed by atoms with Crippen molar-refractivity contribution in [2.75, 3.05) is 0 Å². The van der Waals surface area contributed by atoms with Crippen molar-refractivity contribution >= 4 is 11.6 Å². The molecule has 1 saturated carbocycles. The van der Waals surface area contributed by atoms with Crippen LogP contribution in [-0.2, 0) is 22.4 Å². The summed E-state index contributed by atoms with van der Waals surface area (Å²) in [5.74, 6) is 0.985. The number of rotatable bonds is 5. The maximum atomic E-state index is 11.6. The van der Waals surface area contributed by atoms with Crippen molar-refractivity contribution in [3.8, 4) is 0 Å². The van der Waals surface area contributed by atoms with E-state index < -0.39 is 0 Å². The molecule has 0 radical (unpaired) electrons. The van der Waals surface area contributed by atoms with E-state index >= 15 is 0 Å². The van der Waals surface area contributed by atoms with Crippen LogP contribution in [-0.4, -0.2) is 11.6 Å². The molecule has 2 atom stereocenters. The molecule has 102 valence electrons. The van der Waals surface area contributed by atoms with Crippen LogP contribution in [0.15, 0.2) is 24.3 Å². The molecule has 2 nitrogen and oxygen atoms in total. The van der Waals surface area contributed by atoms with E-state index in [9.17, 15) is 9.59 Å². The second-order valence-corrected chi connectivity index (χ2v) is 5.79. The number of hydrogen-bond donors (Lipinski definition) is 0. The Hall–Kier alpha value is -1.44. The van der Waals surface area contributed by atoms with Crippen LogP contribution in [0.4, 0.5) is 0 Å². The molecule has 19 heavy (non-hydrogen) atoms. The maximum Gasteiger partial charge on any atom is 0.136 e. The van der Waals surface area contributed by atoms with E-state index in [4.69, 9.17) is 0 Å². The van der Waals surface area contributed by atoms with Crippen molar-refractivity contribution in [1.29, 1.82) is 0 Å². The highest BCUT2D eigenvalue weighted by Crippen LogP contribution is 2.25. The molecule has 0 bridgehead atoms. The fourth-order valence-electron chi connectivity index (χ4n) is 2.70. The van der Waals surface area contributed by atoms with E-state index in [2.05, 4.69) is 24.3 Å². The molecule has 0 aromatic heterocycles. The lowest BCUT2D eigenvalue weighted by atomic mass is 9.94. The quantitative estimate of drug-likeness (QED) is 0.811. The average Bonchev–Trinajstić information content (AvgIpc) is 2.77. The Balaban J connectivity index is 1.94. The van der Waals surface area contributed by atoms with Gasteiger partial charge in [-0.3, -0.25) is 9.59 Å². The monoisotopic (exact) mass is 258 g/mol. The molecule has 1 aromatic rings. The molecule has 1 aromatic carbocycles. The van der Waals surface area contributed by atoms with Gasteiger partial charge in [0.2, 0.25) is 0 Å².